The predicted octanol–water partition coefficient (Wildman–Crippen LogP) is 3.73. The van der Waals surface area contributed by atoms with Gasteiger partial charge in [-0.25, -0.2) is 0 Å². The Balaban J connectivity index is 1.85. The molecular weight excluding hydrogens is 255 g/mol. The Hall–Kier alpha value is -0.240. The second-order valence-electron chi connectivity index (χ2n) is 5.29. The van der Waals surface area contributed by atoms with E-state index in [0.717, 1.165) is 24.7 Å². The van der Waals surface area contributed by atoms with E-state index in [2.05, 4.69) is 0 Å². The third-order valence-corrected chi connectivity index (χ3v) is 5.18. The molecule has 0 saturated heterocycles. The van der Waals surface area contributed by atoms with Crippen molar-refractivity contribution in [3.05, 3.63) is 33.3 Å². The highest BCUT2D eigenvalue weighted by molar-refractivity contribution is 6.42. The first-order valence-electron chi connectivity index (χ1n) is 6.28. The molecular formula is C14H16Cl2O. The van der Waals surface area contributed by atoms with Crippen LogP contribution in [0, 0.1) is 17.8 Å². The van der Waals surface area contributed by atoms with Crippen LogP contribution in [0.4, 0.5) is 0 Å². The number of rotatable bonds is 1. The Morgan fingerprint density at radius 3 is 1.88 bits per heavy atom. The molecule has 1 aromatic rings. The van der Waals surface area contributed by atoms with Gasteiger partial charge < -0.3 is 5.11 Å². The van der Waals surface area contributed by atoms with Crippen LogP contribution in [0.3, 0.4) is 0 Å². The molecule has 1 saturated carbocycles. The molecule has 0 amide bonds. The first-order chi connectivity index (χ1) is 8.20. The molecule has 0 spiro atoms. The lowest BCUT2D eigenvalue weighted by Gasteiger charge is -2.14. The zero-order valence-electron chi connectivity index (χ0n) is 9.63. The molecule has 0 aromatic heterocycles. The van der Waals surface area contributed by atoms with Gasteiger partial charge in [0.15, 0.2) is 0 Å². The van der Waals surface area contributed by atoms with Gasteiger partial charge in [0.05, 0.1) is 10.0 Å². The fraction of sp³-hybridized carbons (Fsp3) is 0.571. The first-order valence-corrected chi connectivity index (χ1v) is 7.04. The molecule has 0 bridgehead atoms. The molecule has 0 aliphatic heterocycles. The van der Waals surface area contributed by atoms with Crippen molar-refractivity contribution in [1.82, 2.24) is 0 Å². The summed E-state index contributed by atoms with van der Waals surface area (Å²) in [6.07, 6.45) is 4.51. The molecule has 3 rings (SSSR count). The van der Waals surface area contributed by atoms with Crippen molar-refractivity contribution in [2.45, 2.75) is 25.7 Å². The Kier molecular flexibility index (Phi) is 3.10. The Morgan fingerprint density at radius 2 is 1.47 bits per heavy atom. The Morgan fingerprint density at radius 1 is 1.00 bits per heavy atom. The van der Waals surface area contributed by atoms with Crippen molar-refractivity contribution in [2.24, 2.45) is 17.8 Å². The van der Waals surface area contributed by atoms with Crippen LogP contribution in [-0.4, -0.2) is 11.7 Å². The summed E-state index contributed by atoms with van der Waals surface area (Å²) in [5, 5.41) is 10.6. The summed E-state index contributed by atoms with van der Waals surface area (Å²) >= 11 is 12.1. The van der Waals surface area contributed by atoms with Gasteiger partial charge >= 0.3 is 0 Å². The molecule has 92 valence electrons. The summed E-state index contributed by atoms with van der Waals surface area (Å²) in [6.45, 7) is 0.354. The zero-order chi connectivity index (χ0) is 12.0. The molecule has 0 heterocycles. The van der Waals surface area contributed by atoms with Gasteiger partial charge in [0, 0.05) is 6.61 Å². The van der Waals surface area contributed by atoms with E-state index in [0.29, 0.717) is 22.6 Å². The molecule has 3 heteroatoms. The van der Waals surface area contributed by atoms with Crippen molar-refractivity contribution in [2.75, 3.05) is 6.61 Å². The minimum Gasteiger partial charge on any atom is -0.396 e. The van der Waals surface area contributed by atoms with E-state index in [1.54, 1.807) is 0 Å². The average molecular weight is 271 g/mol. The Bertz CT molecular complexity index is 405. The lowest BCUT2D eigenvalue weighted by atomic mass is 9.93. The molecule has 1 aromatic carbocycles. The zero-order valence-corrected chi connectivity index (χ0v) is 11.1. The average Bonchev–Trinajstić information content (AvgIpc) is 2.97. The number of halogens is 2. The molecule has 0 radical (unpaired) electrons. The third kappa shape index (κ3) is 2.09. The summed E-state index contributed by atoms with van der Waals surface area (Å²) in [7, 11) is 0. The maximum Gasteiger partial charge on any atom is 0.0595 e. The summed E-state index contributed by atoms with van der Waals surface area (Å²) in [5.41, 5.74) is 2.70. The molecule has 2 aliphatic rings. The normalized spacial score (nSPS) is 31.1. The van der Waals surface area contributed by atoms with E-state index in [9.17, 15) is 5.11 Å². The quantitative estimate of drug-likeness (QED) is 0.825. The van der Waals surface area contributed by atoms with E-state index in [-0.39, 0.29) is 0 Å². The van der Waals surface area contributed by atoms with Crippen molar-refractivity contribution < 1.29 is 5.11 Å². The van der Waals surface area contributed by atoms with Crippen LogP contribution >= 0.6 is 23.2 Å². The summed E-state index contributed by atoms with van der Waals surface area (Å²) in [4.78, 5) is 0. The number of aliphatic hydroxyl groups excluding tert-OH is 1. The smallest absolute Gasteiger partial charge is 0.0595 e. The van der Waals surface area contributed by atoms with Crippen LogP contribution < -0.4 is 0 Å². The van der Waals surface area contributed by atoms with Crippen LogP contribution in [0.15, 0.2) is 12.1 Å². The Labute approximate surface area is 112 Å². The second-order valence-corrected chi connectivity index (χ2v) is 6.10. The summed E-state index contributed by atoms with van der Waals surface area (Å²) in [5.74, 6) is 2.03. The number of aryl methyl sites for hydroxylation is 2. The molecule has 3 atom stereocenters. The van der Waals surface area contributed by atoms with Gasteiger partial charge in [-0.2, -0.15) is 0 Å². The van der Waals surface area contributed by atoms with Crippen LogP contribution in [0.2, 0.25) is 10.0 Å². The standard InChI is InChI=1S/C14H16Cl2O/c15-13-5-8-1-3-10-11(12(10)7-17)4-2-9(8)6-14(13)16/h5-6,10-12,17H,1-4,7H2/t10-,11+,12?. The van der Waals surface area contributed by atoms with Gasteiger partial charge in [-0.1, -0.05) is 23.2 Å². The van der Waals surface area contributed by atoms with Crippen LogP contribution in [0.5, 0.6) is 0 Å². The molecule has 2 aliphatic carbocycles. The van der Waals surface area contributed by atoms with Gasteiger partial charge in [0.1, 0.15) is 0 Å². The highest BCUT2D eigenvalue weighted by Gasteiger charge is 2.48. The monoisotopic (exact) mass is 270 g/mol. The molecule has 17 heavy (non-hydrogen) atoms. The number of aliphatic hydroxyl groups is 1. The van der Waals surface area contributed by atoms with Crippen molar-refractivity contribution in [3.63, 3.8) is 0 Å². The van der Waals surface area contributed by atoms with Crippen LogP contribution in [0.1, 0.15) is 24.0 Å². The summed E-state index contributed by atoms with van der Waals surface area (Å²) in [6, 6.07) is 4.05. The molecule has 1 nitrogen and oxygen atoms in total. The second kappa shape index (κ2) is 4.46. The van der Waals surface area contributed by atoms with Gasteiger partial charge in [-0.15, -0.1) is 0 Å². The van der Waals surface area contributed by atoms with Crippen molar-refractivity contribution >= 4 is 23.2 Å². The number of fused-ring (bicyclic) bond motifs is 2. The van der Waals surface area contributed by atoms with Gasteiger partial charge in [-0.05, 0) is 66.7 Å². The van der Waals surface area contributed by atoms with E-state index >= 15 is 0 Å². The minimum absolute atomic E-state index is 0.354. The fourth-order valence-corrected chi connectivity index (χ4v) is 3.76. The number of hydrogen-bond donors (Lipinski definition) is 1. The van der Waals surface area contributed by atoms with E-state index in [1.165, 1.54) is 24.0 Å². The SMILES string of the molecule is OCC1[C@H]2CCc3cc(Cl)c(Cl)cc3CC[C@@H]12. The topological polar surface area (TPSA) is 20.2 Å². The maximum absolute atomic E-state index is 9.28. The predicted molar refractivity (Wildman–Crippen MR) is 70.7 cm³/mol. The largest absolute Gasteiger partial charge is 0.396 e. The minimum atomic E-state index is 0.354. The number of hydrogen-bond acceptors (Lipinski definition) is 1. The van der Waals surface area contributed by atoms with Gasteiger partial charge in [0.2, 0.25) is 0 Å². The fourth-order valence-electron chi connectivity index (χ4n) is 3.39. The molecule has 1 N–H and O–H groups in total. The summed E-state index contributed by atoms with van der Waals surface area (Å²) < 4.78 is 0. The van der Waals surface area contributed by atoms with Gasteiger partial charge in [0.25, 0.3) is 0 Å². The lowest BCUT2D eigenvalue weighted by Crippen LogP contribution is -2.01. The third-order valence-electron chi connectivity index (χ3n) is 4.46. The first kappa shape index (κ1) is 11.8. The van der Waals surface area contributed by atoms with Gasteiger partial charge in [-0.3, -0.25) is 0 Å². The van der Waals surface area contributed by atoms with E-state index in [4.69, 9.17) is 23.2 Å². The van der Waals surface area contributed by atoms with Crippen LogP contribution in [-0.2, 0) is 12.8 Å². The number of benzene rings is 1. The van der Waals surface area contributed by atoms with Crippen LogP contribution in [0.25, 0.3) is 0 Å². The van der Waals surface area contributed by atoms with Crippen molar-refractivity contribution in [3.8, 4) is 0 Å². The lowest BCUT2D eigenvalue weighted by molar-refractivity contribution is 0.262. The van der Waals surface area contributed by atoms with E-state index < -0.39 is 0 Å². The maximum atomic E-state index is 9.28. The molecule has 1 unspecified atom stereocenters. The molecule has 1 fully saturated rings. The van der Waals surface area contributed by atoms with E-state index in [1.807, 2.05) is 12.1 Å². The van der Waals surface area contributed by atoms with Crippen molar-refractivity contribution in [1.29, 1.82) is 0 Å². The highest BCUT2D eigenvalue weighted by atomic mass is 35.5. The highest BCUT2D eigenvalue weighted by Crippen LogP contribution is 2.52.